The smallest absolute Gasteiger partial charge is 0.410 e. The molecule has 4 aliphatic rings. The molecule has 4 fully saturated rings. The van der Waals surface area contributed by atoms with Crippen LogP contribution in [0.25, 0.3) is 0 Å². The second kappa shape index (κ2) is 9.88. The van der Waals surface area contributed by atoms with Crippen molar-refractivity contribution in [1.29, 1.82) is 0 Å². The molecule has 4 rings (SSSR count). The summed E-state index contributed by atoms with van der Waals surface area (Å²) < 4.78 is 44.1. The predicted octanol–water partition coefficient (Wildman–Crippen LogP) is 4.09. The minimum atomic E-state index is -2.52. The third-order valence-corrected chi connectivity index (χ3v) is 8.22. The van der Waals surface area contributed by atoms with Gasteiger partial charge in [-0.05, 0) is 71.1 Å². The molecule has 3 heterocycles. The standard InChI is InChI=1S/C25H40F2N2O5/c1-24(2,3)34-23(31)29-14-18-10-19(29)13-28(18)22(30)25(12-21(26)27)7-5-16(11-25)9-17-6-8-33-15-20(17)32-4/h16-21H,5-15H2,1-4H3/t16-,17-,18+,19+,20-,25+/m1/s1. The fourth-order valence-corrected chi connectivity index (χ4v) is 6.68. The van der Waals surface area contributed by atoms with Gasteiger partial charge in [0.2, 0.25) is 12.3 Å². The Hall–Kier alpha value is -1.48. The lowest BCUT2D eigenvalue weighted by atomic mass is 9.78. The van der Waals surface area contributed by atoms with Gasteiger partial charge < -0.3 is 24.0 Å². The number of hydrogen-bond acceptors (Lipinski definition) is 5. The number of rotatable bonds is 6. The van der Waals surface area contributed by atoms with Gasteiger partial charge >= 0.3 is 6.09 Å². The van der Waals surface area contributed by atoms with Gasteiger partial charge in [-0.15, -0.1) is 0 Å². The Kier molecular flexibility index (Phi) is 7.44. The highest BCUT2D eigenvalue weighted by Crippen LogP contribution is 2.51. The van der Waals surface area contributed by atoms with E-state index in [-0.39, 0.29) is 42.5 Å². The number of likely N-dealkylation sites (tertiary alicyclic amines) is 2. The van der Waals surface area contributed by atoms with Crippen LogP contribution in [0.5, 0.6) is 0 Å². The van der Waals surface area contributed by atoms with Gasteiger partial charge in [0.1, 0.15) is 5.60 Å². The molecule has 1 aliphatic carbocycles. The molecule has 0 N–H and O–H groups in total. The first-order chi connectivity index (χ1) is 16.0. The molecule has 3 saturated heterocycles. The maximum absolute atomic E-state index is 13.8. The van der Waals surface area contributed by atoms with Crippen LogP contribution in [-0.2, 0) is 19.0 Å². The van der Waals surface area contributed by atoms with E-state index in [1.807, 2.05) is 20.8 Å². The SMILES string of the molecule is CO[C@@H]1COCC[C@@H]1C[C@H]1CC[C@](CC(F)F)(C(=O)N2C[C@@H]3C[C@H]2CN3C(=O)OC(C)(C)C)C1. The second-order valence-electron chi connectivity index (χ2n) is 11.8. The summed E-state index contributed by atoms with van der Waals surface area (Å²) in [6, 6.07) is -0.221. The molecule has 2 amide bonds. The fraction of sp³-hybridized carbons (Fsp3) is 0.920. The molecule has 2 bridgehead atoms. The molecule has 34 heavy (non-hydrogen) atoms. The highest BCUT2D eigenvalue weighted by atomic mass is 19.3. The van der Waals surface area contributed by atoms with E-state index < -0.39 is 17.4 Å². The number of carbonyl (C=O) groups is 2. The molecule has 1 saturated carbocycles. The van der Waals surface area contributed by atoms with Crippen LogP contribution in [0, 0.1) is 17.3 Å². The number of hydrogen-bond donors (Lipinski definition) is 0. The van der Waals surface area contributed by atoms with Crippen molar-refractivity contribution in [3.63, 3.8) is 0 Å². The zero-order valence-corrected chi connectivity index (χ0v) is 20.9. The lowest BCUT2D eigenvalue weighted by molar-refractivity contribution is -0.147. The van der Waals surface area contributed by atoms with Gasteiger partial charge in [0.15, 0.2) is 0 Å². The number of nitrogens with zero attached hydrogens (tertiary/aromatic N) is 2. The molecule has 0 aromatic heterocycles. The van der Waals surface area contributed by atoms with Gasteiger partial charge in [-0.1, -0.05) is 0 Å². The van der Waals surface area contributed by atoms with Crippen molar-refractivity contribution in [3.8, 4) is 0 Å². The Labute approximate surface area is 201 Å². The highest BCUT2D eigenvalue weighted by molar-refractivity contribution is 5.84. The Morgan fingerprint density at radius 2 is 1.85 bits per heavy atom. The van der Waals surface area contributed by atoms with Crippen molar-refractivity contribution in [1.82, 2.24) is 9.80 Å². The molecular weight excluding hydrogens is 446 g/mol. The number of amides is 2. The number of alkyl halides is 2. The first-order valence-electron chi connectivity index (χ1n) is 12.7. The van der Waals surface area contributed by atoms with Gasteiger partial charge in [0.25, 0.3) is 0 Å². The van der Waals surface area contributed by atoms with Crippen molar-refractivity contribution in [2.45, 2.75) is 95.9 Å². The molecule has 9 heteroatoms. The highest BCUT2D eigenvalue weighted by Gasteiger charge is 2.55. The maximum Gasteiger partial charge on any atom is 0.410 e. The predicted molar refractivity (Wildman–Crippen MR) is 122 cm³/mol. The van der Waals surface area contributed by atoms with Crippen molar-refractivity contribution < 1.29 is 32.6 Å². The number of ether oxygens (including phenoxy) is 3. The van der Waals surface area contributed by atoms with E-state index in [0.29, 0.717) is 51.5 Å². The van der Waals surface area contributed by atoms with Gasteiger partial charge in [-0.25, -0.2) is 13.6 Å². The number of methoxy groups -OCH3 is 1. The summed E-state index contributed by atoms with van der Waals surface area (Å²) in [4.78, 5) is 29.8. The topological polar surface area (TPSA) is 68.3 Å². The maximum atomic E-state index is 13.8. The summed E-state index contributed by atoms with van der Waals surface area (Å²) in [7, 11) is 1.69. The Bertz CT molecular complexity index is 760. The quantitative estimate of drug-likeness (QED) is 0.566. The minimum Gasteiger partial charge on any atom is -0.444 e. The average molecular weight is 487 g/mol. The molecule has 7 nitrogen and oxygen atoms in total. The number of fused-ring (bicyclic) bond motifs is 2. The molecule has 0 unspecified atom stereocenters. The number of halogens is 2. The molecule has 6 atom stereocenters. The summed E-state index contributed by atoms with van der Waals surface area (Å²) in [5.41, 5.74) is -1.59. The van der Waals surface area contributed by atoms with E-state index >= 15 is 0 Å². The van der Waals surface area contributed by atoms with Crippen molar-refractivity contribution in [2.75, 3.05) is 33.4 Å². The number of carbonyl (C=O) groups excluding carboxylic acids is 2. The van der Waals surface area contributed by atoms with Crippen molar-refractivity contribution in [3.05, 3.63) is 0 Å². The van der Waals surface area contributed by atoms with E-state index in [9.17, 15) is 18.4 Å². The minimum absolute atomic E-state index is 0.0303. The molecule has 194 valence electrons. The Morgan fingerprint density at radius 1 is 1.15 bits per heavy atom. The molecule has 3 aliphatic heterocycles. The fourth-order valence-electron chi connectivity index (χ4n) is 6.68. The van der Waals surface area contributed by atoms with Crippen LogP contribution in [0.1, 0.15) is 65.7 Å². The summed E-state index contributed by atoms with van der Waals surface area (Å²) in [6.45, 7) is 7.57. The third kappa shape index (κ3) is 5.35. The molecular formula is C25H40F2N2O5. The van der Waals surface area contributed by atoms with Crippen LogP contribution in [0.2, 0.25) is 0 Å². The van der Waals surface area contributed by atoms with E-state index in [0.717, 1.165) is 19.3 Å². The van der Waals surface area contributed by atoms with Crippen LogP contribution in [0.15, 0.2) is 0 Å². The van der Waals surface area contributed by atoms with Crippen LogP contribution >= 0.6 is 0 Å². The van der Waals surface area contributed by atoms with Gasteiger partial charge in [-0.2, -0.15) is 0 Å². The molecule has 0 aromatic rings. The second-order valence-corrected chi connectivity index (χ2v) is 11.8. The summed E-state index contributed by atoms with van der Waals surface area (Å²) in [5.74, 6) is 0.440. The monoisotopic (exact) mass is 486 g/mol. The van der Waals surface area contributed by atoms with Gasteiger partial charge in [0.05, 0.1) is 30.2 Å². The summed E-state index contributed by atoms with van der Waals surface area (Å²) in [6.07, 6.45) is 1.05. The normalized spacial score (nSPS) is 35.9. The molecule has 0 radical (unpaired) electrons. The van der Waals surface area contributed by atoms with Gasteiger partial charge in [0, 0.05) is 33.2 Å². The number of piperazine rings is 1. The lowest BCUT2D eigenvalue weighted by Gasteiger charge is -2.40. The Balaban J connectivity index is 1.41. The molecule has 0 spiro atoms. The first-order valence-corrected chi connectivity index (χ1v) is 12.7. The largest absolute Gasteiger partial charge is 0.444 e. The Morgan fingerprint density at radius 3 is 2.47 bits per heavy atom. The third-order valence-electron chi connectivity index (χ3n) is 8.22. The zero-order valence-electron chi connectivity index (χ0n) is 20.9. The average Bonchev–Trinajstić information content (AvgIpc) is 3.47. The van der Waals surface area contributed by atoms with Crippen LogP contribution < -0.4 is 0 Å². The van der Waals surface area contributed by atoms with E-state index in [4.69, 9.17) is 14.2 Å². The van der Waals surface area contributed by atoms with E-state index in [1.165, 1.54) is 0 Å². The lowest BCUT2D eigenvalue weighted by Crippen LogP contribution is -2.55. The van der Waals surface area contributed by atoms with Crippen molar-refractivity contribution in [2.24, 2.45) is 17.3 Å². The van der Waals surface area contributed by atoms with Crippen LogP contribution in [-0.4, -0.2) is 85.4 Å². The first kappa shape index (κ1) is 25.6. The summed E-state index contributed by atoms with van der Waals surface area (Å²) in [5, 5.41) is 0. The summed E-state index contributed by atoms with van der Waals surface area (Å²) >= 11 is 0. The van der Waals surface area contributed by atoms with E-state index in [1.54, 1.807) is 16.9 Å². The van der Waals surface area contributed by atoms with Crippen LogP contribution in [0.4, 0.5) is 13.6 Å². The van der Waals surface area contributed by atoms with E-state index in [2.05, 4.69) is 0 Å². The molecule has 0 aromatic carbocycles. The van der Waals surface area contributed by atoms with Crippen LogP contribution in [0.3, 0.4) is 0 Å². The van der Waals surface area contributed by atoms with Crippen molar-refractivity contribution >= 4 is 12.0 Å². The zero-order chi connectivity index (χ0) is 24.7. The van der Waals surface area contributed by atoms with Gasteiger partial charge in [-0.3, -0.25) is 4.79 Å².